The molecule has 1 amide bonds. The lowest BCUT2D eigenvalue weighted by Gasteiger charge is -2.41. The molecule has 3 nitrogen and oxygen atoms in total. The monoisotopic (exact) mass is 188 g/mol. The van der Waals surface area contributed by atoms with Crippen LogP contribution < -0.4 is 11.1 Å². The molecule has 76 valence electrons. The summed E-state index contributed by atoms with van der Waals surface area (Å²) in [5.74, 6) is -0.512. The van der Waals surface area contributed by atoms with Crippen LogP contribution in [0.3, 0.4) is 0 Å². The van der Waals surface area contributed by atoms with Crippen molar-refractivity contribution in [2.24, 2.45) is 11.1 Å². The molecule has 0 atom stereocenters. The molecule has 1 fully saturated rings. The van der Waals surface area contributed by atoms with Crippen molar-refractivity contribution >= 4 is 5.91 Å². The minimum absolute atomic E-state index is 0.492. The van der Waals surface area contributed by atoms with Crippen molar-refractivity contribution in [2.45, 2.75) is 32.4 Å². The van der Waals surface area contributed by atoms with Crippen molar-refractivity contribution in [3.8, 4) is 0 Å². The second-order valence-corrected chi connectivity index (χ2v) is 4.17. The normalized spacial score (nSPS) is 22.7. The number of piperidine rings is 1. The Morgan fingerprint density at radius 2 is 1.92 bits per heavy atom. The first-order chi connectivity index (χ1) is 5.90. The molecular formula is C9H17FN2O. The summed E-state index contributed by atoms with van der Waals surface area (Å²) in [5.41, 5.74) is 2.78. The van der Waals surface area contributed by atoms with Crippen molar-refractivity contribution in [2.75, 3.05) is 13.1 Å². The maximum absolute atomic E-state index is 13.9. The Morgan fingerprint density at radius 3 is 2.15 bits per heavy atom. The van der Waals surface area contributed by atoms with Crippen LogP contribution in [0.25, 0.3) is 0 Å². The van der Waals surface area contributed by atoms with Crippen LogP contribution in [0.15, 0.2) is 0 Å². The molecule has 1 rings (SSSR count). The maximum Gasteiger partial charge on any atom is 0.226 e. The predicted octanol–water partition coefficient (Wildman–Crippen LogP) is 0.590. The summed E-state index contributed by atoms with van der Waals surface area (Å²) >= 11 is 0. The summed E-state index contributed by atoms with van der Waals surface area (Å²) in [6, 6.07) is 0. The quantitative estimate of drug-likeness (QED) is 0.666. The number of amides is 1. The van der Waals surface area contributed by atoms with Gasteiger partial charge in [-0.15, -0.1) is 0 Å². The van der Waals surface area contributed by atoms with E-state index in [0.29, 0.717) is 25.9 Å². The molecule has 13 heavy (non-hydrogen) atoms. The topological polar surface area (TPSA) is 55.1 Å². The Labute approximate surface area is 77.9 Å². The standard InChI is InChI=1S/C9H17FN2O/c1-8(2,10)9(7(11)13)3-5-12-6-4-9/h12H,3-6H2,1-2H3,(H2,11,13). The van der Waals surface area contributed by atoms with Gasteiger partial charge in [0.2, 0.25) is 5.91 Å². The third kappa shape index (κ3) is 1.68. The van der Waals surface area contributed by atoms with Gasteiger partial charge in [-0.25, -0.2) is 4.39 Å². The van der Waals surface area contributed by atoms with E-state index in [9.17, 15) is 9.18 Å². The lowest BCUT2D eigenvalue weighted by Crippen LogP contribution is -2.55. The van der Waals surface area contributed by atoms with E-state index in [1.807, 2.05) is 0 Å². The minimum Gasteiger partial charge on any atom is -0.369 e. The summed E-state index contributed by atoms with van der Waals surface area (Å²) in [4.78, 5) is 11.3. The third-order valence-corrected chi connectivity index (χ3v) is 3.07. The highest BCUT2D eigenvalue weighted by Crippen LogP contribution is 2.41. The second-order valence-electron chi connectivity index (χ2n) is 4.17. The van der Waals surface area contributed by atoms with Crippen LogP contribution in [0.1, 0.15) is 26.7 Å². The van der Waals surface area contributed by atoms with Crippen molar-refractivity contribution < 1.29 is 9.18 Å². The molecule has 0 aromatic rings. The first kappa shape index (κ1) is 10.4. The Morgan fingerprint density at radius 1 is 1.46 bits per heavy atom. The highest BCUT2D eigenvalue weighted by atomic mass is 19.1. The number of halogens is 1. The number of nitrogens with one attached hydrogen (secondary N) is 1. The number of alkyl halides is 1. The smallest absolute Gasteiger partial charge is 0.226 e. The molecule has 0 radical (unpaired) electrons. The van der Waals surface area contributed by atoms with Gasteiger partial charge in [0.25, 0.3) is 0 Å². The summed E-state index contributed by atoms with van der Waals surface area (Å²) in [5, 5.41) is 3.09. The molecule has 0 saturated carbocycles. The van der Waals surface area contributed by atoms with Gasteiger partial charge in [0.05, 0.1) is 5.41 Å². The number of carbonyl (C=O) groups excluding carboxylic acids is 1. The third-order valence-electron chi connectivity index (χ3n) is 3.07. The Bertz CT molecular complexity index is 204. The Kier molecular flexibility index (Phi) is 2.61. The van der Waals surface area contributed by atoms with Crippen LogP contribution >= 0.6 is 0 Å². The van der Waals surface area contributed by atoms with Crippen LogP contribution in [0, 0.1) is 5.41 Å². The van der Waals surface area contributed by atoms with Crippen molar-refractivity contribution in [1.29, 1.82) is 0 Å². The SMILES string of the molecule is CC(C)(F)C1(C(N)=O)CCNCC1. The van der Waals surface area contributed by atoms with E-state index in [2.05, 4.69) is 5.32 Å². The fraction of sp³-hybridized carbons (Fsp3) is 0.889. The molecule has 1 saturated heterocycles. The van der Waals surface area contributed by atoms with Gasteiger partial charge in [-0.2, -0.15) is 0 Å². The first-order valence-corrected chi connectivity index (χ1v) is 4.60. The average Bonchev–Trinajstić information content (AvgIpc) is 2.03. The largest absolute Gasteiger partial charge is 0.369 e. The molecule has 0 unspecified atom stereocenters. The zero-order valence-electron chi connectivity index (χ0n) is 8.19. The highest BCUT2D eigenvalue weighted by molar-refractivity contribution is 5.82. The van der Waals surface area contributed by atoms with E-state index in [1.54, 1.807) is 0 Å². The molecule has 0 aromatic heterocycles. The molecule has 4 heteroatoms. The number of hydrogen-bond acceptors (Lipinski definition) is 2. The van der Waals surface area contributed by atoms with Gasteiger partial charge >= 0.3 is 0 Å². The van der Waals surface area contributed by atoms with E-state index in [4.69, 9.17) is 5.73 Å². The van der Waals surface area contributed by atoms with Gasteiger partial charge in [0, 0.05) is 0 Å². The summed E-state index contributed by atoms with van der Waals surface area (Å²) < 4.78 is 13.9. The van der Waals surface area contributed by atoms with Crippen LogP contribution in [-0.2, 0) is 4.79 Å². The number of primary amides is 1. The van der Waals surface area contributed by atoms with E-state index >= 15 is 0 Å². The number of hydrogen-bond donors (Lipinski definition) is 2. The first-order valence-electron chi connectivity index (χ1n) is 4.60. The number of carbonyl (C=O) groups is 1. The van der Waals surface area contributed by atoms with Gasteiger partial charge in [-0.3, -0.25) is 4.79 Å². The summed E-state index contributed by atoms with van der Waals surface area (Å²) in [7, 11) is 0. The molecule has 1 heterocycles. The lowest BCUT2D eigenvalue weighted by molar-refractivity contribution is -0.139. The fourth-order valence-corrected chi connectivity index (χ4v) is 1.99. The molecule has 0 aromatic carbocycles. The number of nitrogens with two attached hydrogens (primary N) is 1. The van der Waals surface area contributed by atoms with Gasteiger partial charge in [-0.1, -0.05) is 0 Å². The van der Waals surface area contributed by atoms with E-state index in [0.717, 1.165) is 0 Å². The maximum atomic E-state index is 13.9. The second kappa shape index (κ2) is 3.25. The predicted molar refractivity (Wildman–Crippen MR) is 48.9 cm³/mol. The molecule has 0 aliphatic carbocycles. The lowest BCUT2D eigenvalue weighted by atomic mass is 9.68. The zero-order valence-corrected chi connectivity index (χ0v) is 8.19. The molecule has 0 spiro atoms. The molecular weight excluding hydrogens is 171 g/mol. The number of rotatable bonds is 2. The van der Waals surface area contributed by atoms with Crippen LogP contribution in [0.4, 0.5) is 4.39 Å². The Hall–Kier alpha value is -0.640. The highest BCUT2D eigenvalue weighted by Gasteiger charge is 2.50. The van der Waals surface area contributed by atoms with Crippen LogP contribution in [-0.4, -0.2) is 24.7 Å². The van der Waals surface area contributed by atoms with Gasteiger partial charge < -0.3 is 11.1 Å². The van der Waals surface area contributed by atoms with Gasteiger partial charge in [-0.05, 0) is 39.8 Å². The van der Waals surface area contributed by atoms with Crippen molar-refractivity contribution in [3.63, 3.8) is 0 Å². The van der Waals surface area contributed by atoms with E-state index < -0.39 is 17.0 Å². The zero-order chi connectivity index (χ0) is 10.1. The summed E-state index contributed by atoms with van der Waals surface area (Å²) in [6.45, 7) is 4.19. The Balaban J connectivity index is 2.93. The fourth-order valence-electron chi connectivity index (χ4n) is 1.99. The van der Waals surface area contributed by atoms with E-state index in [-0.39, 0.29) is 0 Å². The van der Waals surface area contributed by atoms with Gasteiger partial charge in [0.15, 0.2) is 0 Å². The summed E-state index contributed by atoms with van der Waals surface area (Å²) in [6.07, 6.45) is 0.984. The van der Waals surface area contributed by atoms with Crippen molar-refractivity contribution in [1.82, 2.24) is 5.32 Å². The van der Waals surface area contributed by atoms with Crippen LogP contribution in [0.5, 0.6) is 0 Å². The van der Waals surface area contributed by atoms with Gasteiger partial charge in [0.1, 0.15) is 5.67 Å². The minimum atomic E-state index is -1.53. The molecule has 1 aliphatic heterocycles. The van der Waals surface area contributed by atoms with E-state index in [1.165, 1.54) is 13.8 Å². The van der Waals surface area contributed by atoms with Crippen LogP contribution in [0.2, 0.25) is 0 Å². The van der Waals surface area contributed by atoms with Crippen molar-refractivity contribution in [3.05, 3.63) is 0 Å². The molecule has 0 bridgehead atoms. The average molecular weight is 188 g/mol. The molecule has 1 aliphatic rings. The molecule has 3 N–H and O–H groups in total.